The number of hydrogen-bond acceptors (Lipinski definition) is 2. The smallest absolute Gasteiger partial charge is 0.266 e. The Balaban J connectivity index is 2.21. The summed E-state index contributed by atoms with van der Waals surface area (Å²) in [6.45, 7) is 0. The highest BCUT2D eigenvalue weighted by molar-refractivity contribution is 7.71. The van der Waals surface area contributed by atoms with Crippen molar-refractivity contribution in [3.63, 3.8) is 0 Å². The van der Waals surface area contributed by atoms with Crippen molar-refractivity contribution < 1.29 is 8.81 Å². The topological polar surface area (TPSA) is 28.9 Å². The largest absolute Gasteiger partial charge is 0.429 e. The molecule has 0 aliphatic carbocycles. The second kappa shape index (κ2) is 4.82. The Hall–Kier alpha value is -2.20. The maximum atomic E-state index is 13.3. The Labute approximate surface area is 114 Å². The summed E-state index contributed by atoms with van der Waals surface area (Å²) in [5.41, 5.74) is 2.29. The van der Waals surface area contributed by atoms with E-state index < -0.39 is 0 Å². The molecule has 0 radical (unpaired) electrons. The van der Waals surface area contributed by atoms with Gasteiger partial charge in [0.1, 0.15) is 5.82 Å². The lowest BCUT2D eigenvalue weighted by Crippen LogP contribution is -1.83. The second-order valence-corrected chi connectivity index (χ2v) is 4.47. The van der Waals surface area contributed by atoms with Crippen molar-refractivity contribution in [1.29, 1.82) is 0 Å². The molecular weight excluding hydrogens is 261 g/mol. The molecule has 0 amide bonds. The Morgan fingerprint density at radius 2 is 1.68 bits per heavy atom. The van der Waals surface area contributed by atoms with Crippen LogP contribution in [0, 0.1) is 10.7 Å². The van der Waals surface area contributed by atoms with Crippen LogP contribution in [0.15, 0.2) is 59.0 Å². The summed E-state index contributed by atoms with van der Waals surface area (Å²) in [4.78, 5) is 3.24. The highest BCUT2D eigenvalue weighted by Crippen LogP contribution is 2.31. The van der Waals surface area contributed by atoms with Gasteiger partial charge in [0.05, 0.1) is 5.69 Å². The SMILES string of the molecule is Fc1cccc(-c2[nH]c(=S)oc2-c2ccccc2)c1. The highest BCUT2D eigenvalue weighted by atomic mass is 32.1. The standard InChI is InChI=1S/C15H10FNOS/c16-12-8-4-7-11(9-12)13-14(18-15(19)17-13)10-5-2-1-3-6-10/h1-9H,(H,17,19). The minimum Gasteiger partial charge on any atom is -0.429 e. The van der Waals surface area contributed by atoms with Crippen molar-refractivity contribution in [3.05, 3.63) is 65.3 Å². The molecule has 4 heteroatoms. The minimum absolute atomic E-state index is 0.276. The normalized spacial score (nSPS) is 10.6. The maximum absolute atomic E-state index is 13.3. The average molecular weight is 271 g/mol. The molecule has 0 spiro atoms. The lowest BCUT2D eigenvalue weighted by molar-refractivity contribution is 0.554. The van der Waals surface area contributed by atoms with Gasteiger partial charge in [0.2, 0.25) is 0 Å². The van der Waals surface area contributed by atoms with E-state index in [0.29, 0.717) is 17.0 Å². The van der Waals surface area contributed by atoms with Crippen LogP contribution in [-0.4, -0.2) is 4.98 Å². The Morgan fingerprint density at radius 3 is 2.42 bits per heavy atom. The molecule has 0 aliphatic heterocycles. The van der Waals surface area contributed by atoms with Crippen molar-refractivity contribution >= 4 is 12.2 Å². The predicted octanol–water partition coefficient (Wildman–Crippen LogP) is 4.81. The van der Waals surface area contributed by atoms with Crippen LogP contribution in [0.1, 0.15) is 0 Å². The second-order valence-electron chi connectivity index (χ2n) is 4.10. The fraction of sp³-hybridized carbons (Fsp3) is 0. The quantitative estimate of drug-likeness (QED) is 0.677. The molecule has 0 fully saturated rings. The summed E-state index contributed by atoms with van der Waals surface area (Å²) in [6, 6.07) is 15.9. The van der Waals surface area contributed by atoms with E-state index in [1.807, 2.05) is 36.4 Å². The third-order valence-electron chi connectivity index (χ3n) is 2.80. The van der Waals surface area contributed by atoms with Crippen molar-refractivity contribution in [3.8, 4) is 22.6 Å². The molecule has 1 heterocycles. The van der Waals surface area contributed by atoms with Crippen molar-refractivity contribution in [2.75, 3.05) is 0 Å². The van der Waals surface area contributed by atoms with Crippen LogP contribution in [0.5, 0.6) is 0 Å². The van der Waals surface area contributed by atoms with Gasteiger partial charge >= 0.3 is 0 Å². The van der Waals surface area contributed by atoms with Crippen LogP contribution >= 0.6 is 12.2 Å². The maximum Gasteiger partial charge on any atom is 0.266 e. The van der Waals surface area contributed by atoms with E-state index in [2.05, 4.69) is 4.98 Å². The van der Waals surface area contributed by atoms with E-state index in [4.69, 9.17) is 16.6 Å². The molecule has 19 heavy (non-hydrogen) atoms. The molecule has 0 atom stereocenters. The van der Waals surface area contributed by atoms with Gasteiger partial charge < -0.3 is 9.40 Å². The van der Waals surface area contributed by atoms with Gasteiger partial charge in [0.25, 0.3) is 4.84 Å². The monoisotopic (exact) mass is 271 g/mol. The van der Waals surface area contributed by atoms with Gasteiger partial charge in [-0.1, -0.05) is 42.5 Å². The molecule has 1 aromatic heterocycles. The molecule has 0 unspecified atom stereocenters. The van der Waals surface area contributed by atoms with Gasteiger partial charge in [-0.15, -0.1) is 0 Å². The third kappa shape index (κ3) is 2.35. The number of hydrogen-bond donors (Lipinski definition) is 1. The summed E-state index contributed by atoms with van der Waals surface area (Å²) in [5, 5.41) is 0. The number of benzene rings is 2. The zero-order chi connectivity index (χ0) is 13.2. The first kappa shape index (κ1) is 11.9. The Bertz CT molecular complexity index is 761. The van der Waals surface area contributed by atoms with Gasteiger partial charge in [-0.25, -0.2) is 4.39 Å². The van der Waals surface area contributed by atoms with Crippen LogP contribution < -0.4 is 0 Å². The number of oxazole rings is 1. The molecule has 3 aromatic rings. The number of H-pyrrole nitrogens is 1. The van der Waals surface area contributed by atoms with E-state index in [0.717, 1.165) is 5.56 Å². The first-order valence-electron chi connectivity index (χ1n) is 5.78. The average Bonchev–Trinajstić information content (AvgIpc) is 2.82. The molecule has 0 aliphatic rings. The number of aromatic nitrogens is 1. The summed E-state index contributed by atoms with van der Waals surface area (Å²) in [5.74, 6) is 0.327. The van der Waals surface area contributed by atoms with Gasteiger partial charge in [-0.2, -0.15) is 0 Å². The zero-order valence-corrected chi connectivity index (χ0v) is 10.7. The molecule has 2 aromatic carbocycles. The number of rotatable bonds is 2. The Morgan fingerprint density at radius 1 is 0.947 bits per heavy atom. The summed E-state index contributed by atoms with van der Waals surface area (Å²) >= 11 is 5.04. The van der Waals surface area contributed by atoms with E-state index in [1.54, 1.807) is 6.07 Å². The van der Waals surface area contributed by atoms with Crippen LogP contribution in [0.2, 0.25) is 0 Å². The van der Waals surface area contributed by atoms with Gasteiger partial charge in [0.15, 0.2) is 5.76 Å². The van der Waals surface area contributed by atoms with Crippen molar-refractivity contribution in [2.45, 2.75) is 0 Å². The first-order valence-corrected chi connectivity index (χ1v) is 6.19. The Kier molecular flexibility index (Phi) is 3.01. The molecule has 2 nitrogen and oxygen atoms in total. The number of aromatic amines is 1. The first-order chi connectivity index (χ1) is 9.24. The fourth-order valence-electron chi connectivity index (χ4n) is 1.97. The van der Waals surface area contributed by atoms with Gasteiger partial charge in [0, 0.05) is 11.1 Å². The molecule has 0 saturated heterocycles. The van der Waals surface area contributed by atoms with Crippen LogP contribution in [-0.2, 0) is 0 Å². The minimum atomic E-state index is -0.294. The fourth-order valence-corrected chi connectivity index (χ4v) is 2.15. The number of halogens is 1. The van der Waals surface area contributed by atoms with E-state index >= 15 is 0 Å². The van der Waals surface area contributed by atoms with E-state index in [1.165, 1.54) is 12.1 Å². The van der Waals surface area contributed by atoms with Crippen LogP contribution in [0.25, 0.3) is 22.6 Å². The molecule has 94 valence electrons. The molecule has 0 saturated carbocycles. The van der Waals surface area contributed by atoms with E-state index in [-0.39, 0.29) is 10.7 Å². The molecule has 3 rings (SSSR count). The molecule has 1 N–H and O–H groups in total. The lowest BCUT2D eigenvalue weighted by atomic mass is 10.1. The van der Waals surface area contributed by atoms with Crippen molar-refractivity contribution in [1.82, 2.24) is 4.98 Å². The summed E-state index contributed by atoms with van der Waals surface area (Å²) < 4.78 is 18.9. The predicted molar refractivity (Wildman–Crippen MR) is 74.7 cm³/mol. The lowest BCUT2D eigenvalue weighted by Gasteiger charge is -2.02. The zero-order valence-electron chi connectivity index (χ0n) is 9.89. The van der Waals surface area contributed by atoms with Gasteiger partial charge in [-0.3, -0.25) is 0 Å². The van der Waals surface area contributed by atoms with Gasteiger partial charge in [-0.05, 0) is 24.4 Å². The third-order valence-corrected chi connectivity index (χ3v) is 2.98. The number of nitrogens with one attached hydrogen (secondary N) is 1. The van der Waals surface area contributed by atoms with E-state index in [9.17, 15) is 4.39 Å². The van der Waals surface area contributed by atoms with Crippen LogP contribution in [0.4, 0.5) is 4.39 Å². The summed E-state index contributed by atoms with van der Waals surface area (Å²) in [7, 11) is 0. The summed E-state index contributed by atoms with van der Waals surface area (Å²) in [6.07, 6.45) is 0. The molecule has 0 bridgehead atoms. The highest BCUT2D eigenvalue weighted by Gasteiger charge is 2.13. The molecular formula is C15H10FNOS. The van der Waals surface area contributed by atoms with Crippen molar-refractivity contribution in [2.24, 2.45) is 0 Å². The van der Waals surface area contributed by atoms with Crippen LogP contribution in [0.3, 0.4) is 0 Å².